The molecule has 0 bridgehead atoms. The molecular weight excluding hydrogens is 716 g/mol. The van der Waals surface area contributed by atoms with Gasteiger partial charge < -0.3 is 29.2 Å². The Kier molecular flexibility index (Phi) is 12.1. The smallest absolute Gasteiger partial charge is 0.410 e. The third kappa shape index (κ3) is 9.49. The third-order valence-electron chi connectivity index (χ3n) is 11.8. The van der Waals surface area contributed by atoms with Crippen molar-refractivity contribution < 1.29 is 23.5 Å². The SMILES string of the molecule is Cc1cc(CC(OC(=O)N2CCC(c3cc4cccc(F)c4[nH]c3=O)CC2)C(=O)N2CCC(N3CCCCC3)CC2)cc2cn(COCC[Si](C)(C)C)nc12. The number of para-hydroxylation sites is 1. The highest BCUT2D eigenvalue weighted by molar-refractivity contribution is 6.76. The lowest BCUT2D eigenvalue weighted by molar-refractivity contribution is -0.142. The van der Waals surface area contributed by atoms with E-state index >= 15 is 0 Å². The van der Waals surface area contributed by atoms with Gasteiger partial charge in [0.25, 0.3) is 11.5 Å². The van der Waals surface area contributed by atoms with E-state index < -0.39 is 26.1 Å². The van der Waals surface area contributed by atoms with Crippen molar-refractivity contribution in [1.29, 1.82) is 0 Å². The van der Waals surface area contributed by atoms with Crippen LogP contribution in [0.1, 0.15) is 67.6 Å². The molecule has 0 saturated carbocycles. The summed E-state index contributed by atoms with van der Waals surface area (Å²) in [6.07, 6.45) is 7.47. The van der Waals surface area contributed by atoms with Crippen LogP contribution >= 0.6 is 0 Å². The second kappa shape index (κ2) is 17.0. The quantitative estimate of drug-likeness (QED) is 0.129. The maximum atomic E-state index is 14.3. The summed E-state index contributed by atoms with van der Waals surface area (Å²) in [6, 6.07) is 12.2. The van der Waals surface area contributed by atoms with Crippen LogP contribution in [0.4, 0.5) is 9.18 Å². The predicted octanol–water partition coefficient (Wildman–Crippen LogP) is 7.04. The average molecular weight is 773 g/mol. The molecule has 4 aromatic rings. The summed E-state index contributed by atoms with van der Waals surface area (Å²) in [5.74, 6) is -0.697. The molecule has 1 atom stereocenters. The first-order valence-electron chi connectivity index (χ1n) is 20.3. The zero-order chi connectivity index (χ0) is 38.7. The topological polar surface area (TPSA) is 113 Å². The second-order valence-corrected chi connectivity index (χ2v) is 22.7. The summed E-state index contributed by atoms with van der Waals surface area (Å²) in [5, 5.41) is 6.37. The number of hydrogen-bond donors (Lipinski definition) is 1. The molecule has 11 nitrogen and oxygen atoms in total. The first-order chi connectivity index (χ1) is 26.4. The van der Waals surface area contributed by atoms with E-state index in [-0.39, 0.29) is 29.3 Å². The number of halogens is 1. The number of piperidine rings is 3. The number of aryl methyl sites for hydroxylation is 1. The summed E-state index contributed by atoms with van der Waals surface area (Å²) >= 11 is 0. The molecule has 1 N–H and O–H groups in total. The van der Waals surface area contributed by atoms with E-state index in [1.165, 1.54) is 25.3 Å². The van der Waals surface area contributed by atoms with E-state index in [2.05, 4.69) is 29.5 Å². The van der Waals surface area contributed by atoms with Crippen LogP contribution in [0.3, 0.4) is 0 Å². The summed E-state index contributed by atoms with van der Waals surface area (Å²) in [7, 11) is -1.20. The van der Waals surface area contributed by atoms with Crippen LogP contribution < -0.4 is 5.56 Å². The van der Waals surface area contributed by atoms with E-state index in [0.717, 1.165) is 54.0 Å². The molecule has 3 aliphatic heterocycles. The molecule has 2 aromatic carbocycles. The van der Waals surface area contributed by atoms with Crippen LogP contribution in [0.5, 0.6) is 0 Å². The fourth-order valence-electron chi connectivity index (χ4n) is 8.57. The molecule has 0 aliphatic carbocycles. The van der Waals surface area contributed by atoms with Crippen molar-refractivity contribution in [3.63, 3.8) is 0 Å². The van der Waals surface area contributed by atoms with E-state index in [1.54, 1.807) is 23.1 Å². The number of carbonyl (C=O) groups excluding carboxylic acids is 2. The fourth-order valence-corrected chi connectivity index (χ4v) is 9.33. The molecule has 0 spiro atoms. The maximum Gasteiger partial charge on any atom is 0.410 e. The first-order valence-corrected chi connectivity index (χ1v) is 24.0. The summed E-state index contributed by atoms with van der Waals surface area (Å²) in [4.78, 5) is 49.9. The lowest BCUT2D eigenvalue weighted by atomic mass is 9.89. The van der Waals surface area contributed by atoms with Crippen molar-refractivity contribution in [2.45, 2.75) is 109 Å². The van der Waals surface area contributed by atoms with Gasteiger partial charge >= 0.3 is 6.09 Å². The second-order valence-electron chi connectivity index (χ2n) is 17.1. The first kappa shape index (κ1) is 39.2. The van der Waals surface area contributed by atoms with Gasteiger partial charge in [0.1, 0.15) is 12.5 Å². The van der Waals surface area contributed by atoms with Crippen molar-refractivity contribution in [2.75, 3.05) is 45.9 Å². The lowest BCUT2D eigenvalue weighted by Gasteiger charge is -2.41. The molecule has 2 aromatic heterocycles. The highest BCUT2D eigenvalue weighted by atomic mass is 28.3. The number of carbonyl (C=O) groups is 2. The highest BCUT2D eigenvalue weighted by Crippen LogP contribution is 2.29. The van der Waals surface area contributed by atoms with Gasteiger partial charge in [0.05, 0.1) is 11.0 Å². The summed E-state index contributed by atoms with van der Waals surface area (Å²) < 4.78 is 28.3. The molecule has 13 heteroatoms. The Morgan fingerprint density at radius 2 is 1.67 bits per heavy atom. The zero-order valence-electron chi connectivity index (χ0n) is 32.9. The number of aromatic amines is 1. The van der Waals surface area contributed by atoms with Crippen LogP contribution in [0.2, 0.25) is 25.7 Å². The van der Waals surface area contributed by atoms with Gasteiger partial charge in [0, 0.05) is 75.9 Å². The Bertz CT molecular complexity index is 2040. The normalized spacial score (nSPS) is 18.6. The van der Waals surface area contributed by atoms with Crippen molar-refractivity contribution in [2.24, 2.45) is 0 Å². The number of hydrogen-bond acceptors (Lipinski definition) is 7. The molecule has 3 fully saturated rings. The van der Waals surface area contributed by atoms with Crippen LogP contribution in [0, 0.1) is 12.7 Å². The number of H-pyrrole nitrogens is 1. The van der Waals surface area contributed by atoms with Crippen molar-refractivity contribution >= 4 is 41.9 Å². The van der Waals surface area contributed by atoms with Crippen molar-refractivity contribution in [3.8, 4) is 0 Å². The van der Waals surface area contributed by atoms with E-state index in [9.17, 15) is 18.8 Å². The Labute approximate surface area is 324 Å². The van der Waals surface area contributed by atoms with Gasteiger partial charge in [0.15, 0.2) is 6.10 Å². The Morgan fingerprint density at radius 3 is 2.40 bits per heavy atom. The third-order valence-corrected chi connectivity index (χ3v) is 13.5. The van der Waals surface area contributed by atoms with Crippen LogP contribution in [0.15, 0.2) is 47.4 Å². The van der Waals surface area contributed by atoms with Crippen molar-refractivity contribution in [1.82, 2.24) is 29.5 Å². The largest absolute Gasteiger partial charge is 0.436 e. The molecular formula is C42H57FN6O5Si. The van der Waals surface area contributed by atoms with Crippen LogP contribution in [-0.4, -0.2) is 108 Å². The molecule has 296 valence electrons. The highest BCUT2D eigenvalue weighted by Gasteiger charge is 2.35. The molecule has 5 heterocycles. The Morgan fingerprint density at radius 1 is 0.945 bits per heavy atom. The molecule has 0 radical (unpaired) electrons. The van der Waals surface area contributed by atoms with Gasteiger partial charge in [0.2, 0.25) is 0 Å². The average Bonchev–Trinajstić information content (AvgIpc) is 3.60. The molecule has 3 aliphatic rings. The van der Waals surface area contributed by atoms with Gasteiger partial charge in [-0.05, 0) is 99.8 Å². The van der Waals surface area contributed by atoms with E-state index in [1.807, 2.05) is 34.8 Å². The number of fused-ring (bicyclic) bond motifs is 2. The number of rotatable bonds is 11. The van der Waals surface area contributed by atoms with E-state index in [4.69, 9.17) is 14.6 Å². The maximum absolute atomic E-state index is 14.3. The zero-order valence-corrected chi connectivity index (χ0v) is 33.9. The number of benzene rings is 2. The lowest BCUT2D eigenvalue weighted by Crippen LogP contribution is -2.52. The Balaban J connectivity index is 1.04. The van der Waals surface area contributed by atoms with Gasteiger partial charge in [-0.2, -0.15) is 5.10 Å². The van der Waals surface area contributed by atoms with E-state index in [0.29, 0.717) is 69.3 Å². The minimum absolute atomic E-state index is 0.0829. The Hall–Kier alpha value is -4.07. The van der Waals surface area contributed by atoms with Gasteiger partial charge in [-0.25, -0.2) is 13.9 Å². The number of nitrogens with zero attached hydrogens (tertiary/aromatic N) is 5. The minimum Gasteiger partial charge on any atom is -0.436 e. The molecule has 3 saturated heterocycles. The van der Waals surface area contributed by atoms with Gasteiger partial charge in [-0.15, -0.1) is 0 Å². The number of likely N-dealkylation sites (tertiary alicyclic amines) is 3. The molecule has 55 heavy (non-hydrogen) atoms. The number of aromatic nitrogens is 3. The van der Waals surface area contributed by atoms with Gasteiger partial charge in [-0.1, -0.05) is 44.3 Å². The number of pyridine rings is 1. The molecule has 2 amide bonds. The fraction of sp³-hybridized carbons (Fsp3) is 0.571. The van der Waals surface area contributed by atoms with Gasteiger partial charge in [-0.3, -0.25) is 9.59 Å². The number of nitrogens with one attached hydrogen (secondary N) is 1. The van der Waals surface area contributed by atoms with Crippen molar-refractivity contribution in [3.05, 3.63) is 75.5 Å². The van der Waals surface area contributed by atoms with Crippen LogP contribution in [0.25, 0.3) is 21.8 Å². The summed E-state index contributed by atoms with van der Waals surface area (Å²) in [6.45, 7) is 14.4. The number of ether oxygens (including phenoxy) is 2. The summed E-state index contributed by atoms with van der Waals surface area (Å²) in [5.41, 5.74) is 3.27. The predicted molar refractivity (Wildman–Crippen MR) is 216 cm³/mol. The molecule has 1 unspecified atom stereocenters. The number of amides is 2. The van der Waals surface area contributed by atoms with Crippen LogP contribution in [-0.2, 0) is 27.4 Å². The standard InChI is InChI=1S/C42H57FN6O5Si/c1-29-23-30(24-33-27-49(45-38(29)33)28-53-21-22-55(2,3)4)25-37(41(51)47-19-13-34(14-20-47)46-15-6-5-7-16-46)54-42(52)48-17-11-31(12-18-48)35-26-32-9-8-10-36(43)39(32)44-40(35)50/h8-10,23-24,26-27,31,34,37H,5-7,11-22,25,28H2,1-4H3,(H,44,50). The minimum atomic E-state index is -1.20. The monoisotopic (exact) mass is 772 g/mol. The molecule has 7 rings (SSSR count).